The average molecular weight is 406 g/mol. The lowest BCUT2D eigenvalue weighted by Gasteiger charge is -2.08. The van der Waals surface area contributed by atoms with Crippen molar-refractivity contribution in [3.05, 3.63) is 35.7 Å². The van der Waals surface area contributed by atoms with Gasteiger partial charge in [-0.2, -0.15) is 5.26 Å². The highest BCUT2D eigenvalue weighted by Crippen LogP contribution is 2.24. The fourth-order valence-corrected chi connectivity index (χ4v) is 5.53. The van der Waals surface area contributed by atoms with Crippen LogP contribution in [0.4, 0.5) is 5.69 Å². The molecule has 8 nitrogen and oxygen atoms in total. The molecule has 2 heterocycles. The normalized spacial score (nSPS) is 18.1. The highest BCUT2D eigenvalue weighted by atomic mass is 32.2. The minimum absolute atomic E-state index is 0.0754. The van der Waals surface area contributed by atoms with Gasteiger partial charge >= 0.3 is 0 Å². The standard InChI is InChI=1S/C17H19N5O3S2/c1-22-15(8-13-5-6-27(24,25)11-13)20-21-17(22)26-10-16(23)19-14-4-2-3-12(7-14)9-18/h2-4,7,13H,5-6,8,10-11H2,1H3,(H,19,23)/t13-/m1/s1. The van der Waals surface area contributed by atoms with Crippen molar-refractivity contribution in [1.29, 1.82) is 5.26 Å². The maximum absolute atomic E-state index is 12.1. The Kier molecular flexibility index (Phi) is 5.82. The number of amides is 1. The number of rotatable bonds is 6. The molecule has 3 rings (SSSR count). The van der Waals surface area contributed by atoms with Crippen molar-refractivity contribution < 1.29 is 13.2 Å². The number of sulfone groups is 1. The molecule has 1 fully saturated rings. The summed E-state index contributed by atoms with van der Waals surface area (Å²) in [7, 11) is -1.10. The Hall–Kier alpha value is -2.38. The Bertz CT molecular complexity index is 994. The SMILES string of the molecule is Cn1c(C[C@H]2CCS(=O)(=O)C2)nnc1SCC(=O)Nc1cccc(C#N)c1. The Labute approximate surface area is 161 Å². The van der Waals surface area contributed by atoms with E-state index in [0.717, 1.165) is 5.82 Å². The minimum atomic E-state index is -2.91. The van der Waals surface area contributed by atoms with Crippen LogP contribution in [0.2, 0.25) is 0 Å². The minimum Gasteiger partial charge on any atom is -0.325 e. The number of hydrogen-bond donors (Lipinski definition) is 1. The quantitative estimate of drug-likeness (QED) is 0.722. The summed E-state index contributed by atoms with van der Waals surface area (Å²) in [6.07, 6.45) is 1.22. The lowest BCUT2D eigenvalue weighted by atomic mass is 10.1. The van der Waals surface area contributed by atoms with Gasteiger partial charge in [0.1, 0.15) is 5.82 Å². The van der Waals surface area contributed by atoms with E-state index < -0.39 is 9.84 Å². The number of nitrogens with one attached hydrogen (secondary N) is 1. The molecule has 0 aliphatic carbocycles. The van der Waals surface area contributed by atoms with E-state index in [0.29, 0.717) is 29.2 Å². The lowest BCUT2D eigenvalue weighted by Crippen LogP contribution is -2.15. The molecule has 1 aliphatic heterocycles. The van der Waals surface area contributed by atoms with Gasteiger partial charge in [-0.25, -0.2) is 8.42 Å². The summed E-state index contributed by atoms with van der Waals surface area (Å²) in [6, 6.07) is 8.73. The molecule has 0 saturated carbocycles. The first-order valence-corrected chi connectivity index (χ1v) is 11.2. The fraction of sp³-hybridized carbons (Fsp3) is 0.412. The number of anilines is 1. The van der Waals surface area contributed by atoms with Crippen molar-refractivity contribution in [2.45, 2.75) is 18.0 Å². The Morgan fingerprint density at radius 3 is 2.96 bits per heavy atom. The third kappa shape index (κ3) is 5.08. The van der Waals surface area contributed by atoms with Crippen molar-refractivity contribution >= 4 is 33.2 Å². The van der Waals surface area contributed by atoms with Crippen molar-refractivity contribution in [3.8, 4) is 6.07 Å². The summed E-state index contributed by atoms with van der Waals surface area (Å²) in [4.78, 5) is 12.1. The molecule has 142 valence electrons. The van der Waals surface area contributed by atoms with Gasteiger partial charge < -0.3 is 9.88 Å². The van der Waals surface area contributed by atoms with E-state index in [2.05, 4.69) is 15.5 Å². The predicted octanol–water partition coefficient (Wildman–Crippen LogP) is 1.39. The monoisotopic (exact) mass is 405 g/mol. The summed E-state index contributed by atoms with van der Waals surface area (Å²) in [5.41, 5.74) is 1.05. The summed E-state index contributed by atoms with van der Waals surface area (Å²) >= 11 is 1.26. The summed E-state index contributed by atoms with van der Waals surface area (Å²) < 4.78 is 25.0. The second kappa shape index (κ2) is 8.10. The lowest BCUT2D eigenvalue weighted by molar-refractivity contribution is -0.113. The molecule has 1 amide bonds. The van der Waals surface area contributed by atoms with Gasteiger partial charge in [-0.3, -0.25) is 4.79 Å². The first-order chi connectivity index (χ1) is 12.9. The maximum Gasteiger partial charge on any atom is 0.234 e. The van der Waals surface area contributed by atoms with Crippen molar-refractivity contribution in [2.75, 3.05) is 22.6 Å². The van der Waals surface area contributed by atoms with E-state index in [1.54, 1.807) is 28.8 Å². The zero-order valence-electron chi connectivity index (χ0n) is 14.8. The Morgan fingerprint density at radius 2 is 2.26 bits per heavy atom. The molecular weight excluding hydrogens is 386 g/mol. The number of carbonyl (C=O) groups excluding carboxylic acids is 1. The first-order valence-electron chi connectivity index (χ1n) is 8.38. The van der Waals surface area contributed by atoms with Gasteiger partial charge in [0.2, 0.25) is 5.91 Å². The number of hydrogen-bond acceptors (Lipinski definition) is 7. The van der Waals surface area contributed by atoms with Crippen LogP contribution in [0.25, 0.3) is 0 Å². The molecule has 1 aliphatic rings. The van der Waals surface area contributed by atoms with Crippen LogP contribution in [-0.2, 0) is 28.1 Å². The Morgan fingerprint density at radius 1 is 1.44 bits per heavy atom. The van der Waals surface area contributed by atoms with Gasteiger partial charge in [-0.1, -0.05) is 17.8 Å². The predicted molar refractivity (Wildman–Crippen MR) is 102 cm³/mol. The molecule has 2 aromatic rings. The average Bonchev–Trinajstić information content (AvgIpc) is 3.15. The number of nitrogens with zero attached hydrogens (tertiary/aromatic N) is 4. The second-order valence-corrected chi connectivity index (χ2v) is 9.63. The van der Waals surface area contributed by atoms with Crippen LogP contribution in [0.1, 0.15) is 17.8 Å². The first kappa shape index (κ1) is 19.4. The van der Waals surface area contributed by atoms with E-state index in [9.17, 15) is 13.2 Å². The molecule has 1 aromatic carbocycles. The second-order valence-electron chi connectivity index (χ2n) is 6.46. The zero-order valence-corrected chi connectivity index (χ0v) is 16.4. The summed E-state index contributed by atoms with van der Waals surface area (Å²) in [5, 5.41) is 20.5. The third-order valence-electron chi connectivity index (χ3n) is 4.33. The topological polar surface area (TPSA) is 118 Å². The van der Waals surface area contributed by atoms with Crippen LogP contribution in [0.15, 0.2) is 29.4 Å². The van der Waals surface area contributed by atoms with Crippen LogP contribution in [0, 0.1) is 17.2 Å². The number of nitriles is 1. The molecular formula is C17H19N5O3S2. The molecule has 0 radical (unpaired) electrons. The Balaban J connectivity index is 1.54. The number of thioether (sulfide) groups is 1. The van der Waals surface area contributed by atoms with Crippen LogP contribution < -0.4 is 5.32 Å². The molecule has 1 aromatic heterocycles. The van der Waals surface area contributed by atoms with Gasteiger partial charge in [-0.15, -0.1) is 10.2 Å². The van der Waals surface area contributed by atoms with E-state index in [1.807, 2.05) is 13.1 Å². The molecule has 1 N–H and O–H groups in total. The largest absolute Gasteiger partial charge is 0.325 e. The van der Waals surface area contributed by atoms with Gasteiger partial charge in [-0.05, 0) is 30.5 Å². The number of benzene rings is 1. The molecule has 0 bridgehead atoms. The van der Waals surface area contributed by atoms with Crippen LogP contribution >= 0.6 is 11.8 Å². The smallest absolute Gasteiger partial charge is 0.234 e. The highest BCUT2D eigenvalue weighted by molar-refractivity contribution is 7.99. The maximum atomic E-state index is 12.1. The fourth-order valence-electron chi connectivity index (χ4n) is 2.93. The van der Waals surface area contributed by atoms with Crippen LogP contribution in [0.3, 0.4) is 0 Å². The van der Waals surface area contributed by atoms with Gasteiger partial charge in [0, 0.05) is 19.2 Å². The number of aromatic nitrogens is 3. The molecule has 10 heteroatoms. The molecule has 1 saturated heterocycles. The van der Waals surface area contributed by atoms with E-state index in [4.69, 9.17) is 5.26 Å². The third-order valence-corrected chi connectivity index (χ3v) is 7.19. The van der Waals surface area contributed by atoms with Crippen molar-refractivity contribution in [2.24, 2.45) is 13.0 Å². The van der Waals surface area contributed by atoms with E-state index in [1.165, 1.54) is 11.8 Å². The van der Waals surface area contributed by atoms with Crippen molar-refractivity contribution in [3.63, 3.8) is 0 Å². The zero-order chi connectivity index (χ0) is 19.4. The highest BCUT2D eigenvalue weighted by Gasteiger charge is 2.29. The van der Waals surface area contributed by atoms with E-state index >= 15 is 0 Å². The number of carbonyl (C=O) groups is 1. The summed E-state index contributed by atoms with van der Waals surface area (Å²) in [6.45, 7) is 0. The molecule has 27 heavy (non-hydrogen) atoms. The molecule has 0 spiro atoms. The summed E-state index contributed by atoms with van der Waals surface area (Å²) in [5.74, 6) is 1.19. The van der Waals surface area contributed by atoms with Crippen LogP contribution in [-0.4, -0.2) is 46.3 Å². The van der Waals surface area contributed by atoms with Crippen LogP contribution in [0.5, 0.6) is 0 Å². The molecule has 0 unspecified atom stereocenters. The van der Waals surface area contributed by atoms with Gasteiger partial charge in [0.15, 0.2) is 15.0 Å². The van der Waals surface area contributed by atoms with Gasteiger partial charge in [0.25, 0.3) is 0 Å². The molecule has 1 atom stereocenters. The van der Waals surface area contributed by atoms with Crippen molar-refractivity contribution in [1.82, 2.24) is 14.8 Å². The van der Waals surface area contributed by atoms with Gasteiger partial charge in [0.05, 0.1) is 28.9 Å². The van der Waals surface area contributed by atoms with E-state index in [-0.39, 0.29) is 29.1 Å².